The quantitative estimate of drug-likeness (QED) is 0.514. The molecule has 1 fully saturated rings. The van der Waals surface area contributed by atoms with Crippen molar-refractivity contribution >= 4 is 22.8 Å². The van der Waals surface area contributed by atoms with E-state index in [1.807, 2.05) is 30.3 Å². The van der Waals surface area contributed by atoms with Crippen molar-refractivity contribution in [1.29, 1.82) is 0 Å². The van der Waals surface area contributed by atoms with Crippen LogP contribution in [-0.2, 0) is 13.1 Å². The first-order valence-electron chi connectivity index (χ1n) is 10.3. The third kappa shape index (κ3) is 3.23. The Morgan fingerprint density at radius 3 is 3.00 bits per heavy atom. The molecule has 2 aliphatic rings. The lowest BCUT2D eigenvalue weighted by Crippen LogP contribution is -2.18. The van der Waals surface area contributed by atoms with Gasteiger partial charge in [0.25, 0.3) is 0 Å². The van der Waals surface area contributed by atoms with E-state index in [9.17, 15) is 4.79 Å². The number of aromatic nitrogens is 4. The van der Waals surface area contributed by atoms with Gasteiger partial charge in [0.05, 0.1) is 22.5 Å². The highest BCUT2D eigenvalue weighted by Gasteiger charge is 2.24. The van der Waals surface area contributed by atoms with Crippen molar-refractivity contribution in [3.05, 3.63) is 59.8 Å². The average molecular weight is 416 g/mol. The third-order valence-corrected chi connectivity index (χ3v) is 5.97. The number of nitrogens with zero attached hydrogens (tertiary/aromatic N) is 4. The normalized spacial score (nSPS) is 15.6. The molecule has 9 heteroatoms. The lowest BCUT2D eigenvalue weighted by Gasteiger charge is -2.22. The largest absolute Gasteiger partial charge is 0.439 e. The number of nitrogens with one attached hydrogen (secondary N) is 2. The summed E-state index contributed by atoms with van der Waals surface area (Å²) in [6.07, 6.45) is 6.71. The van der Waals surface area contributed by atoms with Crippen LogP contribution in [0.2, 0.25) is 0 Å². The smallest absolute Gasteiger partial charge is 0.332 e. The average Bonchev–Trinajstić information content (AvgIpc) is 3.46. The van der Waals surface area contributed by atoms with Gasteiger partial charge in [0, 0.05) is 36.7 Å². The Morgan fingerprint density at radius 1 is 1.19 bits per heavy atom. The van der Waals surface area contributed by atoms with Crippen molar-refractivity contribution in [2.45, 2.75) is 38.3 Å². The number of fused-ring (bicyclic) bond motifs is 2. The topological polar surface area (TPSA) is 107 Å². The number of carbonyl (C=O) groups excluding carboxylic acids is 1. The molecule has 0 spiro atoms. The van der Waals surface area contributed by atoms with E-state index >= 15 is 0 Å². The van der Waals surface area contributed by atoms with Gasteiger partial charge in [-0.05, 0) is 37.1 Å². The van der Waals surface area contributed by atoms with Crippen molar-refractivity contribution in [3.63, 3.8) is 0 Å². The van der Waals surface area contributed by atoms with Crippen molar-refractivity contribution in [1.82, 2.24) is 25.0 Å². The minimum absolute atomic E-state index is 0.306. The van der Waals surface area contributed by atoms with Gasteiger partial charge < -0.3 is 14.6 Å². The number of amides is 1. The van der Waals surface area contributed by atoms with Gasteiger partial charge >= 0.3 is 6.03 Å². The van der Waals surface area contributed by atoms with Gasteiger partial charge in [-0.3, -0.25) is 9.88 Å². The molecule has 4 heterocycles. The molecule has 156 valence electrons. The maximum Gasteiger partial charge on any atom is 0.332 e. The first kappa shape index (κ1) is 18.1. The molecule has 1 saturated carbocycles. The van der Waals surface area contributed by atoms with Crippen molar-refractivity contribution < 1.29 is 14.1 Å². The van der Waals surface area contributed by atoms with Gasteiger partial charge in [0.15, 0.2) is 0 Å². The Hall–Kier alpha value is -3.72. The molecule has 1 aromatic carbocycles. The van der Waals surface area contributed by atoms with E-state index in [0.29, 0.717) is 30.0 Å². The summed E-state index contributed by atoms with van der Waals surface area (Å²) in [7, 11) is 0. The second-order valence-electron chi connectivity index (χ2n) is 7.89. The Balaban J connectivity index is 1.21. The molecule has 31 heavy (non-hydrogen) atoms. The summed E-state index contributed by atoms with van der Waals surface area (Å²) in [4.78, 5) is 21.3. The predicted molar refractivity (Wildman–Crippen MR) is 112 cm³/mol. The zero-order valence-corrected chi connectivity index (χ0v) is 16.7. The fraction of sp³-hybridized carbons (Fsp3) is 0.273. The number of anilines is 1. The summed E-state index contributed by atoms with van der Waals surface area (Å²) in [6.45, 7) is 1.41. The van der Waals surface area contributed by atoms with Gasteiger partial charge in [-0.1, -0.05) is 11.6 Å². The van der Waals surface area contributed by atoms with Crippen LogP contribution in [0, 0.1) is 0 Å². The van der Waals surface area contributed by atoms with Crippen LogP contribution >= 0.6 is 0 Å². The maximum atomic E-state index is 12.8. The van der Waals surface area contributed by atoms with Crippen LogP contribution in [0.3, 0.4) is 0 Å². The van der Waals surface area contributed by atoms with Gasteiger partial charge in [0.1, 0.15) is 12.1 Å². The molecule has 3 aromatic heterocycles. The van der Waals surface area contributed by atoms with E-state index in [2.05, 4.69) is 25.8 Å². The van der Waals surface area contributed by atoms with Gasteiger partial charge in [0.2, 0.25) is 11.8 Å². The minimum atomic E-state index is -0.306. The molecule has 2 N–H and O–H groups in total. The molecule has 0 saturated heterocycles. The first-order chi connectivity index (χ1) is 15.2. The molecular formula is C22H20N6O3. The van der Waals surface area contributed by atoms with Crippen LogP contribution in [-0.4, -0.2) is 25.7 Å². The number of rotatable bonds is 4. The Morgan fingerprint density at radius 2 is 2.13 bits per heavy atom. The minimum Gasteiger partial charge on any atom is -0.439 e. The monoisotopic (exact) mass is 416 g/mol. The zero-order valence-electron chi connectivity index (χ0n) is 16.7. The van der Waals surface area contributed by atoms with Crippen LogP contribution < -0.4 is 15.4 Å². The molecule has 1 amide bonds. The molecule has 0 radical (unpaired) electrons. The predicted octanol–water partition coefficient (Wildman–Crippen LogP) is 4.16. The van der Waals surface area contributed by atoms with Crippen molar-refractivity contribution in [2.24, 2.45) is 0 Å². The molecule has 0 unspecified atom stereocenters. The SMILES string of the molecule is O=C(Nc1cc(C2CCC2)no1)n1ccc2cc(Oc3ncnc4c3CNC4)ccc21. The van der Waals surface area contributed by atoms with E-state index < -0.39 is 0 Å². The van der Waals surface area contributed by atoms with Crippen LogP contribution in [0.4, 0.5) is 10.7 Å². The van der Waals surface area contributed by atoms with Crippen molar-refractivity contribution in [2.75, 3.05) is 5.32 Å². The number of benzene rings is 1. The van der Waals surface area contributed by atoms with Crippen LogP contribution in [0.25, 0.3) is 10.9 Å². The summed E-state index contributed by atoms with van der Waals surface area (Å²) in [5.41, 5.74) is 3.61. The molecule has 6 rings (SSSR count). The maximum absolute atomic E-state index is 12.8. The van der Waals surface area contributed by atoms with Crippen LogP contribution in [0.1, 0.15) is 42.1 Å². The molecule has 4 aromatic rings. The van der Waals surface area contributed by atoms with E-state index in [-0.39, 0.29) is 6.03 Å². The zero-order chi connectivity index (χ0) is 20.8. The summed E-state index contributed by atoms with van der Waals surface area (Å²) in [5, 5.41) is 11.0. The highest BCUT2D eigenvalue weighted by atomic mass is 16.5. The van der Waals surface area contributed by atoms with E-state index in [4.69, 9.17) is 9.26 Å². The standard InChI is InChI=1S/C22H20N6O3/c29-22(26-20-9-17(27-31-20)13-2-1-3-13)28-7-6-14-8-15(4-5-19(14)28)30-21-16-10-23-11-18(16)24-12-25-21/h4-9,12-13,23H,1-3,10-11H2,(H,26,29). The Kier molecular flexibility index (Phi) is 4.20. The second kappa shape index (κ2) is 7.21. The van der Waals surface area contributed by atoms with Crippen LogP contribution in [0.15, 0.2) is 47.4 Å². The third-order valence-electron chi connectivity index (χ3n) is 5.97. The molecule has 0 atom stereocenters. The second-order valence-corrected chi connectivity index (χ2v) is 7.89. The molecule has 1 aliphatic heterocycles. The number of carbonyl (C=O) groups is 1. The van der Waals surface area contributed by atoms with Gasteiger partial charge in [-0.25, -0.2) is 14.8 Å². The fourth-order valence-electron chi connectivity index (χ4n) is 4.04. The lowest BCUT2D eigenvalue weighted by atomic mass is 9.83. The molecular weight excluding hydrogens is 396 g/mol. The van der Waals surface area contributed by atoms with Gasteiger partial charge in [-0.2, -0.15) is 0 Å². The number of hydrogen-bond acceptors (Lipinski definition) is 7. The Bertz CT molecular complexity index is 1290. The van der Waals surface area contributed by atoms with Crippen LogP contribution in [0.5, 0.6) is 11.6 Å². The number of hydrogen-bond donors (Lipinski definition) is 2. The Labute approximate surface area is 177 Å². The highest BCUT2D eigenvalue weighted by molar-refractivity contribution is 5.98. The molecule has 0 bridgehead atoms. The molecule has 1 aliphatic carbocycles. The fourth-order valence-corrected chi connectivity index (χ4v) is 4.04. The summed E-state index contributed by atoms with van der Waals surface area (Å²) >= 11 is 0. The summed E-state index contributed by atoms with van der Waals surface area (Å²) < 4.78 is 12.8. The lowest BCUT2D eigenvalue weighted by molar-refractivity contribution is 0.253. The summed E-state index contributed by atoms with van der Waals surface area (Å²) in [5.74, 6) is 2.02. The molecule has 9 nitrogen and oxygen atoms in total. The number of ether oxygens (including phenoxy) is 1. The van der Waals surface area contributed by atoms with E-state index in [0.717, 1.165) is 47.2 Å². The van der Waals surface area contributed by atoms with E-state index in [1.165, 1.54) is 17.3 Å². The first-order valence-corrected chi connectivity index (χ1v) is 10.3. The van der Waals surface area contributed by atoms with Crippen molar-refractivity contribution in [3.8, 4) is 11.6 Å². The van der Waals surface area contributed by atoms with Gasteiger partial charge in [-0.15, -0.1) is 0 Å². The van der Waals surface area contributed by atoms with E-state index in [1.54, 1.807) is 6.20 Å². The summed E-state index contributed by atoms with van der Waals surface area (Å²) in [6, 6.07) is 8.94. The highest BCUT2D eigenvalue weighted by Crippen LogP contribution is 2.36.